The molecule has 41 heavy (non-hydrogen) atoms. The number of hydrogen-bond acceptors (Lipinski definition) is 12. The van der Waals surface area contributed by atoms with Gasteiger partial charge in [0, 0.05) is 24.0 Å². The highest BCUT2D eigenvalue weighted by molar-refractivity contribution is 7.94. The number of nitrogens with zero attached hydrogens (tertiary/aromatic N) is 6. The van der Waals surface area contributed by atoms with E-state index in [1.807, 2.05) is 0 Å². The van der Waals surface area contributed by atoms with E-state index in [9.17, 15) is 26.4 Å². The fraction of sp³-hybridized carbons (Fsp3) is 0.250. The average Bonchev–Trinajstić information content (AvgIpc) is 3.70. The highest BCUT2D eigenvalue weighted by atomic mass is 32.2. The van der Waals surface area contributed by atoms with Gasteiger partial charge in [0.2, 0.25) is 10.2 Å². The van der Waals surface area contributed by atoms with E-state index in [-0.39, 0.29) is 46.0 Å². The molecule has 10 nitrogen and oxygen atoms in total. The van der Waals surface area contributed by atoms with Crippen LogP contribution >= 0.6 is 34.4 Å². The van der Waals surface area contributed by atoms with Crippen molar-refractivity contribution >= 4 is 61.5 Å². The van der Waals surface area contributed by atoms with Crippen LogP contribution in [0.25, 0.3) is 16.4 Å². The first-order valence-electron chi connectivity index (χ1n) is 11.8. The van der Waals surface area contributed by atoms with E-state index in [0.717, 1.165) is 56.9 Å². The highest BCUT2D eigenvalue weighted by Crippen LogP contribution is 2.40. The van der Waals surface area contributed by atoms with Crippen LogP contribution in [0.4, 0.5) is 18.9 Å². The van der Waals surface area contributed by atoms with Crippen LogP contribution in [0.2, 0.25) is 0 Å². The lowest BCUT2D eigenvalue weighted by molar-refractivity contribution is -0.137. The third kappa shape index (κ3) is 6.07. The second kappa shape index (κ2) is 11.4. The van der Waals surface area contributed by atoms with Gasteiger partial charge in [-0.25, -0.2) is 15.0 Å². The van der Waals surface area contributed by atoms with Crippen molar-refractivity contribution in [2.24, 2.45) is 0 Å². The van der Waals surface area contributed by atoms with E-state index in [0.29, 0.717) is 16.4 Å². The molecule has 0 bridgehead atoms. The molecule has 17 heteroatoms. The van der Waals surface area contributed by atoms with Crippen molar-refractivity contribution in [2.75, 3.05) is 10.9 Å². The molecule has 5 rings (SSSR count). The lowest BCUT2D eigenvalue weighted by Gasteiger charge is -2.29. The first-order chi connectivity index (χ1) is 19.4. The predicted octanol–water partition coefficient (Wildman–Crippen LogP) is 5.50. The summed E-state index contributed by atoms with van der Waals surface area (Å²) in [6.45, 7) is 2.92. The Morgan fingerprint density at radius 3 is 2.56 bits per heavy atom. The summed E-state index contributed by atoms with van der Waals surface area (Å²) >= 11 is 3.10. The Morgan fingerprint density at radius 1 is 1.12 bits per heavy atom. The first-order valence-corrected chi connectivity index (χ1v) is 15.7. The Bertz CT molecular complexity index is 1730. The van der Waals surface area contributed by atoms with E-state index < -0.39 is 27.8 Å². The van der Waals surface area contributed by atoms with Crippen molar-refractivity contribution in [3.63, 3.8) is 0 Å². The first kappa shape index (κ1) is 29.0. The molecule has 0 fully saturated rings. The quantitative estimate of drug-likeness (QED) is 0.233. The SMILES string of the molecule is CC(C)N(c1ccc(C(F)(F)F)cc1OCC1=CC=C(c2nsc(-c3ncsn3)n2)C(=O)C1)S(=O)(=O)c1nccs1. The van der Waals surface area contributed by atoms with Gasteiger partial charge in [0.1, 0.15) is 17.9 Å². The van der Waals surface area contributed by atoms with Gasteiger partial charge in [0.25, 0.3) is 10.0 Å². The highest BCUT2D eigenvalue weighted by Gasteiger charge is 2.36. The number of ketones is 1. The van der Waals surface area contributed by atoms with Crippen molar-refractivity contribution in [1.82, 2.24) is 23.7 Å². The monoisotopic (exact) mass is 640 g/mol. The van der Waals surface area contributed by atoms with Gasteiger partial charge in [-0.05, 0) is 66.8 Å². The number of Topliss-reactive ketones (excluding diaryl/α,β-unsaturated/α-hetero) is 1. The number of alkyl halides is 3. The van der Waals surface area contributed by atoms with Crippen LogP contribution in [0.3, 0.4) is 0 Å². The van der Waals surface area contributed by atoms with E-state index >= 15 is 0 Å². The molecule has 0 radical (unpaired) electrons. The number of sulfonamides is 1. The van der Waals surface area contributed by atoms with Crippen molar-refractivity contribution in [3.05, 3.63) is 64.4 Å². The lowest BCUT2D eigenvalue weighted by atomic mass is 9.97. The minimum Gasteiger partial charge on any atom is -0.487 e. The maximum Gasteiger partial charge on any atom is 0.416 e. The topological polar surface area (TPSA) is 128 Å². The number of allylic oxidation sites excluding steroid dienone is 3. The second-order valence-electron chi connectivity index (χ2n) is 8.84. The van der Waals surface area contributed by atoms with Crippen molar-refractivity contribution in [2.45, 2.75) is 36.8 Å². The summed E-state index contributed by atoms with van der Waals surface area (Å²) in [5, 5.41) is 1.95. The summed E-state index contributed by atoms with van der Waals surface area (Å²) in [7, 11) is -4.21. The number of aromatic nitrogens is 5. The Hall–Kier alpha value is -3.54. The van der Waals surface area contributed by atoms with Crippen LogP contribution in [0, 0.1) is 0 Å². The molecule has 0 atom stereocenters. The molecule has 214 valence electrons. The molecular formula is C24H19F3N6O4S4. The fourth-order valence-corrected chi connectivity index (χ4v) is 7.59. The molecular weight excluding hydrogens is 622 g/mol. The minimum absolute atomic E-state index is 0.0861. The van der Waals surface area contributed by atoms with Gasteiger partial charge in [0.15, 0.2) is 16.6 Å². The Balaban J connectivity index is 1.44. The molecule has 0 amide bonds. The molecule has 4 aromatic rings. The van der Waals surface area contributed by atoms with Gasteiger partial charge in [-0.2, -0.15) is 30.3 Å². The third-order valence-corrected chi connectivity index (χ3v) is 10.0. The van der Waals surface area contributed by atoms with Gasteiger partial charge in [0.05, 0.1) is 16.8 Å². The summed E-state index contributed by atoms with van der Waals surface area (Å²) in [5.41, 5.74) is 1.20. The standard InChI is InChI=1S/C24H19F3N6O4S4/c1-13(2)33(41(35,36)23-28-7-8-38-23)17-6-4-15(24(25,26)27)10-19(17)37-11-14-3-5-16(18(34)9-14)20-30-22(40-32-20)21-29-12-39-31-21/h3-8,10,12-13H,9,11H2,1-2H3. The van der Waals surface area contributed by atoms with Crippen LogP contribution in [0.1, 0.15) is 31.7 Å². The molecule has 3 heterocycles. The van der Waals surface area contributed by atoms with Gasteiger partial charge in [-0.1, -0.05) is 6.08 Å². The number of carbonyl (C=O) groups is 1. The van der Waals surface area contributed by atoms with E-state index in [1.165, 1.54) is 17.7 Å². The summed E-state index contributed by atoms with van der Waals surface area (Å²) in [4.78, 5) is 25.2. The van der Waals surface area contributed by atoms with Gasteiger partial charge in [-0.3, -0.25) is 9.10 Å². The maximum absolute atomic E-state index is 13.6. The molecule has 0 saturated heterocycles. The van der Waals surface area contributed by atoms with Gasteiger partial charge in [-0.15, -0.1) is 11.3 Å². The maximum atomic E-state index is 13.6. The van der Waals surface area contributed by atoms with Crippen LogP contribution in [-0.2, 0) is 21.0 Å². The molecule has 3 aromatic heterocycles. The fourth-order valence-electron chi connectivity index (χ4n) is 3.91. The van der Waals surface area contributed by atoms with Gasteiger partial charge >= 0.3 is 6.18 Å². The van der Waals surface area contributed by atoms with Crippen LogP contribution in [0.5, 0.6) is 5.75 Å². The zero-order valence-corrected chi connectivity index (χ0v) is 24.5. The molecule has 0 saturated carbocycles. The number of hydrogen-bond donors (Lipinski definition) is 0. The number of halogens is 3. The molecule has 0 unspecified atom stereocenters. The largest absolute Gasteiger partial charge is 0.487 e. The molecule has 0 aliphatic heterocycles. The van der Waals surface area contributed by atoms with Crippen molar-refractivity contribution in [3.8, 4) is 16.6 Å². The number of benzene rings is 1. The normalized spacial score (nSPS) is 14.2. The third-order valence-electron chi connectivity index (χ3n) is 5.69. The van der Waals surface area contributed by atoms with Crippen LogP contribution < -0.4 is 9.04 Å². The number of thiazole rings is 1. The summed E-state index contributed by atoms with van der Waals surface area (Å²) in [5.74, 6) is 0.0251. The zero-order valence-electron chi connectivity index (χ0n) is 21.2. The van der Waals surface area contributed by atoms with E-state index in [4.69, 9.17) is 4.74 Å². The van der Waals surface area contributed by atoms with E-state index in [1.54, 1.807) is 25.4 Å². The number of rotatable bonds is 9. The van der Waals surface area contributed by atoms with Gasteiger partial charge < -0.3 is 4.74 Å². The van der Waals surface area contributed by atoms with Crippen LogP contribution in [0.15, 0.2) is 57.4 Å². The molecule has 0 N–H and O–H groups in total. The predicted molar refractivity (Wildman–Crippen MR) is 148 cm³/mol. The molecule has 0 spiro atoms. The zero-order chi connectivity index (χ0) is 29.4. The van der Waals surface area contributed by atoms with E-state index in [2.05, 4.69) is 23.7 Å². The smallest absolute Gasteiger partial charge is 0.416 e. The van der Waals surface area contributed by atoms with Crippen molar-refractivity contribution < 1.29 is 31.1 Å². The molecule has 1 aliphatic rings. The average molecular weight is 641 g/mol. The molecule has 1 aliphatic carbocycles. The summed E-state index contributed by atoms with van der Waals surface area (Å²) in [6.07, 6.45) is -0.330. The Labute approximate surface area is 244 Å². The minimum atomic E-state index is -4.70. The van der Waals surface area contributed by atoms with Crippen LogP contribution in [-0.4, -0.2) is 50.5 Å². The summed E-state index contributed by atoms with van der Waals surface area (Å²) in [6, 6.07) is 1.93. The molecule has 1 aromatic carbocycles. The lowest BCUT2D eigenvalue weighted by Crippen LogP contribution is -2.37. The second-order valence-corrected chi connectivity index (χ2v) is 13.1. The Kier molecular flexibility index (Phi) is 8.04. The number of carbonyl (C=O) groups excluding carboxylic acids is 1. The summed E-state index contributed by atoms with van der Waals surface area (Å²) < 4.78 is 82.4. The number of anilines is 1. The van der Waals surface area contributed by atoms with Crippen molar-refractivity contribution in [1.29, 1.82) is 0 Å². The Morgan fingerprint density at radius 2 is 1.93 bits per heavy atom. The number of ether oxygens (including phenoxy) is 1.